The van der Waals surface area contributed by atoms with Crippen LogP contribution in [0.4, 0.5) is 0 Å². The number of fused-ring (bicyclic) bond motifs is 1. The molecule has 0 saturated carbocycles. The molecule has 2 heterocycles. The van der Waals surface area contributed by atoms with Gasteiger partial charge in [-0.05, 0) is 47.9 Å². The van der Waals surface area contributed by atoms with Crippen molar-refractivity contribution in [1.29, 1.82) is 0 Å². The number of nitrogens with zero attached hydrogens (tertiary/aromatic N) is 1. The van der Waals surface area contributed by atoms with Crippen molar-refractivity contribution in [3.63, 3.8) is 0 Å². The number of halogens is 1. The summed E-state index contributed by atoms with van der Waals surface area (Å²) in [5.74, 6) is 0.661. The van der Waals surface area contributed by atoms with Gasteiger partial charge in [0, 0.05) is 22.8 Å². The molecule has 0 fully saturated rings. The molecule has 0 aliphatic rings. The maximum atomic E-state index is 12.6. The first-order valence-corrected chi connectivity index (χ1v) is 10.0. The molecule has 1 N–H and O–H groups in total. The maximum Gasteiger partial charge on any atom is 0.261 e. The molecule has 0 saturated heterocycles. The van der Waals surface area contributed by atoms with E-state index in [0.29, 0.717) is 11.4 Å². The average Bonchev–Trinajstić information content (AvgIpc) is 3.33. The number of carbonyl (C=O) groups is 1. The molecular weight excluding hydrogens is 424 g/mol. The number of ether oxygens (including phenoxy) is 1. The van der Waals surface area contributed by atoms with Crippen LogP contribution in [0, 0.1) is 0 Å². The first-order chi connectivity index (χ1) is 13.2. The Labute approximate surface area is 169 Å². The van der Waals surface area contributed by atoms with Gasteiger partial charge in [-0.1, -0.05) is 34.1 Å². The molecule has 2 aromatic heterocycles. The van der Waals surface area contributed by atoms with E-state index in [2.05, 4.69) is 44.0 Å². The summed E-state index contributed by atoms with van der Waals surface area (Å²) in [6.45, 7) is 0.404. The van der Waals surface area contributed by atoms with Crippen LogP contribution in [0.2, 0.25) is 0 Å². The fourth-order valence-corrected chi connectivity index (χ4v) is 4.33. The average molecular weight is 441 g/mol. The summed E-state index contributed by atoms with van der Waals surface area (Å²) in [6, 6.07) is 19.9. The summed E-state index contributed by atoms with van der Waals surface area (Å²) in [5, 5.41) is 5.17. The number of benzene rings is 2. The van der Waals surface area contributed by atoms with E-state index < -0.39 is 0 Å². The minimum Gasteiger partial charge on any atom is -0.496 e. The lowest BCUT2D eigenvalue weighted by molar-refractivity contribution is 0.0954. The monoisotopic (exact) mass is 440 g/mol. The number of aromatic nitrogens is 1. The van der Waals surface area contributed by atoms with Crippen LogP contribution < -0.4 is 10.1 Å². The van der Waals surface area contributed by atoms with Crippen molar-refractivity contribution in [1.82, 2.24) is 9.88 Å². The van der Waals surface area contributed by atoms with Crippen molar-refractivity contribution < 1.29 is 9.53 Å². The fourth-order valence-electron chi connectivity index (χ4n) is 3.00. The number of nitrogens with one attached hydrogen (secondary N) is 1. The van der Waals surface area contributed by atoms with Crippen molar-refractivity contribution in [2.45, 2.75) is 6.54 Å². The van der Waals surface area contributed by atoms with E-state index in [1.54, 1.807) is 7.11 Å². The van der Waals surface area contributed by atoms with Crippen molar-refractivity contribution in [2.24, 2.45) is 0 Å². The largest absolute Gasteiger partial charge is 0.496 e. The molecule has 0 aliphatic carbocycles. The van der Waals surface area contributed by atoms with Crippen molar-refractivity contribution in [2.75, 3.05) is 7.11 Å². The zero-order valence-corrected chi connectivity index (χ0v) is 17.0. The highest BCUT2D eigenvalue weighted by atomic mass is 79.9. The third-order valence-corrected chi connectivity index (χ3v) is 5.91. The molecule has 2 aromatic carbocycles. The summed E-state index contributed by atoms with van der Waals surface area (Å²) in [4.78, 5) is 13.3. The maximum absolute atomic E-state index is 12.6. The highest BCUT2D eigenvalue weighted by Crippen LogP contribution is 2.27. The minimum absolute atomic E-state index is 0.0928. The van der Waals surface area contributed by atoms with Gasteiger partial charge in [0.25, 0.3) is 5.91 Å². The zero-order valence-electron chi connectivity index (χ0n) is 14.6. The lowest BCUT2D eigenvalue weighted by Gasteiger charge is -2.09. The number of hydrogen-bond donors (Lipinski definition) is 1. The fraction of sp³-hybridized carbons (Fsp3) is 0.0952. The molecule has 4 rings (SSSR count). The lowest BCUT2D eigenvalue weighted by Crippen LogP contribution is -2.22. The molecule has 27 heavy (non-hydrogen) atoms. The van der Waals surface area contributed by atoms with Gasteiger partial charge in [0.2, 0.25) is 0 Å². The summed E-state index contributed by atoms with van der Waals surface area (Å²) in [7, 11) is 1.63. The standard InChI is InChI=1S/C21H17BrN2O2S/c1-26-18-7-6-16(22)12-15(18)13-23-21(25)19-8-9-20(27-19)24-11-10-14-4-2-3-5-17(14)24/h2-12H,13H2,1H3,(H,23,25). The Kier molecular flexibility index (Phi) is 5.01. The van der Waals surface area contributed by atoms with Crippen LogP contribution in [0.3, 0.4) is 0 Å². The highest BCUT2D eigenvalue weighted by Gasteiger charge is 2.12. The Bertz CT molecular complexity index is 1120. The second kappa shape index (κ2) is 7.58. The second-order valence-electron chi connectivity index (χ2n) is 6.02. The Morgan fingerprint density at radius 2 is 2.00 bits per heavy atom. The molecule has 136 valence electrons. The molecule has 4 aromatic rings. The van der Waals surface area contributed by atoms with Crippen LogP contribution in [0.1, 0.15) is 15.2 Å². The van der Waals surface area contributed by atoms with E-state index in [4.69, 9.17) is 4.74 Å². The Balaban J connectivity index is 1.52. The van der Waals surface area contributed by atoms with Gasteiger partial charge in [-0.15, -0.1) is 11.3 Å². The summed E-state index contributed by atoms with van der Waals surface area (Å²) in [5.41, 5.74) is 2.05. The molecular formula is C21H17BrN2O2S. The van der Waals surface area contributed by atoms with Gasteiger partial charge in [0.05, 0.1) is 17.5 Å². The number of thiophene rings is 1. The smallest absolute Gasteiger partial charge is 0.261 e. The van der Waals surface area contributed by atoms with Crippen LogP contribution in [-0.4, -0.2) is 17.6 Å². The lowest BCUT2D eigenvalue weighted by atomic mass is 10.2. The molecule has 0 bridgehead atoms. The minimum atomic E-state index is -0.0928. The number of rotatable bonds is 5. The van der Waals surface area contributed by atoms with Gasteiger partial charge < -0.3 is 14.6 Å². The van der Waals surface area contributed by atoms with E-state index in [-0.39, 0.29) is 5.91 Å². The van der Waals surface area contributed by atoms with Gasteiger partial charge in [0.1, 0.15) is 10.8 Å². The molecule has 4 nitrogen and oxygen atoms in total. The topological polar surface area (TPSA) is 43.3 Å². The number of methoxy groups -OCH3 is 1. The third-order valence-electron chi connectivity index (χ3n) is 4.33. The Morgan fingerprint density at radius 3 is 2.85 bits per heavy atom. The molecule has 1 amide bonds. The summed E-state index contributed by atoms with van der Waals surface area (Å²) >= 11 is 4.93. The number of para-hydroxylation sites is 1. The number of hydrogen-bond acceptors (Lipinski definition) is 3. The number of carbonyl (C=O) groups excluding carboxylic acids is 1. The number of amides is 1. The van der Waals surface area contributed by atoms with E-state index >= 15 is 0 Å². The van der Waals surface area contributed by atoms with E-state index in [1.165, 1.54) is 16.7 Å². The molecule has 0 aliphatic heterocycles. The molecule has 0 unspecified atom stereocenters. The van der Waals surface area contributed by atoms with Gasteiger partial charge in [-0.25, -0.2) is 0 Å². The van der Waals surface area contributed by atoms with E-state index in [0.717, 1.165) is 26.3 Å². The SMILES string of the molecule is COc1ccc(Br)cc1CNC(=O)c1ccc(-n2ccc3ccccc32)s1. The Hall–Kier alpha value is -2.57. The van der Waals surface area contributed by atoms with Crippen LogP contribution in [0.5, 0.6) is 5.75 Å². The summed E-state index contributed by atoms with van der Waals surface area (Å²) in [6.07, 6.45) is 2.03. The second-order valence-corrected chi connectivity index (χ2v) is 8.00. The van der Waals surface area contributed by atoms with Crippen LogP contribution >= 0.6 is 27.3 Å². The van der Waals surface area contributed by atoms with Crippen molar-refractivity contribution >= 4 is 44.1 Å². The van der Waals surface area contributed by atoms with Gasteiger partial charge in [-0.2, -0.15) is 0 Å². The third kappa shape index (κ3) is 3.63. The van der Waals surface area contributed by atoms with Gasteiger partial charge in [-0.3, -0.25) is 4.79 Å². The van der Waals surface area contributed by atoms with Gasteiger partial charge in [0.15, 0.2) is 0 Å². The zero-order chi connectivity index (χ0) is 18.8. The van der Waals surface area contributed by atoms with Crippen LogP contribution in [0.25, 0.3) is 15.9 Å². The van der Waals surface area contributed by atoms with E-state index in [9.17, 15) is 4.79 Å². The summed E-state index contributed by atoms with van der Waals surface area (Å²) < 4.78 is 8.41. The van der Waals surface area contributed by atoms with E-state index in [1.807, 2.05) is 48.7 Å². The van der Waals surface area contributed by atoms with Crippen molar-refractivity contribution in [3.05, 3.63) is 81.8 Å². The van der Waals surface area contributed by atoms with Gasteiger partial charge >= 0.3 is 0 Å². The first-order valence-electron chi connectivity index (χ1n) is 8.42. The molecule has 0 atom stereocenters. The molecule has 6 heteroatoms. The first kappa shape index (κ1) is 17.8. The predicted octanol–water partition coefficient (Wildman–Crippen LogP) is 5.39. The molecule has 0 spiro atoms. The molecule has 0 radical (unpaired) electrons. The predicted molar refractivity (Wildman–Crippen MR) is 113 cm³/mol. The Morgan fingerprint density at radius 1 is 1.15 bits per heavy atom. The van der Waals surface area contributed by atoms with Crippen LogP contribution in [-0.2, 0) is 6.54 Å². The highest BCUT2D eigenvalue weighted by molar-refractivity contribution is 9.10. The van der Waals surface area contributed by atoms with Crippen molar-refractivity contribution in [3.8, 4) is 10.8 Å². The van der Waals surface area contributed by atoms with Crippen LogP contribution in [0.15, 0.2) is 71.3 Å². The quantitative estimate of drug-likeness (QED) is 0.451. The normalized spacial score (nSPS) is 10.9.